The number of rotatable bonds is 7. The molecular formula is C28H32O15. The third kappa shape index (κ3) is 5.86. The summed E-state index contributed by atoms with van der Waals surface area (Å²) in [5.41, 5.74) is -0.354. The summed E-state index contributed by atoms with van der Waals surface area (Å²) in [6.07, 6.45) is -15.5. The van der Waals surface area contributed by atoms with E-state index in [0.717, 1.165) is 12.1 Å². The van der Waals surface area contributed by atoms with Gasteiger partial charge in [-0.05, 0) is 31.2 Å². The summed E-state index contributed by atoms with van der Waals surface area (Å²) in [6.45, 7) is 0.899. The summed E-state index contributed by atoms with van der Waals surface area (Å²) in [5, 5.41) is 82.4. The summed E-state index contributed by atoms with van der Waals surface area (Å²) in [4.78, 5) is 12.8. The molecule has 0 radical (unpaired) electrons. The average molecular weight is 609 g/mol. The van der Waals surface area contributed by atoms with E-state index in [2.05, 4.69) is 0 Å². The van der Waals surface area contributed by atoms with Crippen LogP contribution in [0.2, 0.25) is 0 Å². The van der Waals surface area contributed by atoms with Gasteiger partial charge in [-0.3, -0.25) is 4.79 Å². The van der Waals surface area contributed by atoms with Crippen molar-refractivity contribution >= 4 is 11.0 Å². The number of aliphatic hydroxyl groups is 6. The highest BCUT2D eigenvalue weighted by molar-refractivity contribution is 5.89. The Morgan fingerprint density at radius 2 is 1.44 bits per heavy atom. The molecule has 3 heterocycles. The lowest BCUT2D eigenvalue weighted by molar-refractivity contribution is -0.318. The minimum atomic E-state index is -1.87. The van der Waals surface area contributed by atoms with Gasteiger partial charge in [0, 0.05) is 17.7 Å². The first kappa shape index (κ1) is 30.9. The third-order valence-corrected chi connectivity index (χ3v) is 7.45. The number of ether oxygens (including phenoxy) is 5. The minimum absolute atomic E-state index is 0.125. The number of benzene rings is 2. The predicted molar refractivity (Wildman–Crippen MR) is 143 cm³/mol. The van der Waals surface area contributed by atoms with E-state index in [1.807, 2.05) is 0 Å². The first-order chi connectivity index (χ1) is 20.4. The van der Waals surface area contributed by atoms with Crippen molar-refractivity contribution in [2.24, 2.45) is 0 Å². The van der Waals surface area contributed by atoms with Crippen LogP contribution in [0.1, 0.15) is 6.92 Å². The molecule has 10 unspecified atom stereocenters. The van der Waals surface area contributed by atoms with Crippen molar-refractivity contribution in [2.75, 3.05) is 13.7 Å². The molecule has 15 nitrogen and oxygen atoms in total. The summed E-state index contributed by atoms with van der Waals surface area (Å²) in [7, 11) is 1.50. The molecule has 43 heavy (non-hydrogen) atoms. The van der Waals surface area contributed by atoms with Crippen molar-refractivity contribution in [1.82, 2.24) is 0 Å². The lowest BCUT2D eigenvalue weighted by Crippen LogP contribution is -2.61. The Balaban J connectivity index is 1.38. The quantitative estimate of drug-likeness (QED) is 0.149. The van der Waals surface area contributed by atoms with E-state index in [0.29, 0.717) is 11.3 Å². The van der Waals surface area contributed by atoms with E-state index in [-0.39, 0.29) is 16.7 Å². The van der Waals surface area contributed by atoms with E-state index >= 15 is 0 Å². The van der Waals surface area contributed by atoms with Gasteiger partial charge in [0.15, 0.2) is 23.2 Å². The van der Waals surface area contributed by atoms with Gasteiger partial charge in [0.2, 0.25) is 12.0 Å². The topological polar surface area (TPSA) is 238 Å². The zero-order valence-electron chi connectivity index (χ0n) is 22.9. The van der Waals surface area contributed by atoms with Crippen LogP contribution in [-0.4, -0.2) is 116 Å². The Hall–Kier alpha value is -3.51. The largest absolute Gasteiger partial charge is 0.504 e. The van der Waals surface area contributed by atoms with Crippen LogP contribution in [0.25, 0.3) is 22.3 Å². The molecule has 2 aliphatic rings. The molecule has 2 fully saturated rings. The van der Waals surface area contributed by atoms with E-state index in [1.165, 1.54) is 14.0 Å². The van der Waals surface area contributed by atoms with Crippen LogP contribution >= 0.6 is 0 Å². The highest BCUT2D eigenvalue weighted by Crippen LogP contribution is 2.42. The fourth-order valence-corrected chi connectivity index (χ4v) is 4.87. The molecule has 2 saturated heterocycles. The second kappa shape index (κ2) is 12.2. The van der Waals surface area contributed by atoms with Crippen LogP contribution < -0.4 is 14.9 Å². The van der Waals surface area contributed by atoms with Gasteiger partial charge >= 0.3 is 0 Å². The van der Waals surface area contributed by atoms with Gasteiger partial charge < -0.3 is 69.0 Å². The number of aliphatic hydroxyl groups excluding tert-OH is 6. The second-order valence-corrected chi connectivity index (χ2v) is 10.3. The molecule has 234 valence electrons. The number of hydrogen-bond donors (Lipinski definition) is 8. The first-order valence-electron chi connectivity index (χ1n) is 13.3. The van der Waals surface area contributed by atoms with Crippen LogP contribution in [0.5, 0.6) is 23.0 Å². The van der Waals surface area contributed by atoms with E-state index in [1.54, 1.807) is 24.3 Å². The SMILES string of the molecule is COc1ccc(-c2cc(=O)c3c(O)c(O)c(OC4OC(COC5OC(C)C(O)C(O)C5O)C(O)C(O)C4O)cc3o2)cc1. The number of phenols is 2. The number of phenolic OH excluding ortho intramolecular Hbond substituents is 2. The molecule has 10 atom stereocenters. The molecule has 5 rings (SSSR count). The van der Waals surface area contributed by atoms with Crippen molar-refractivity contribution < 1.29 is 69.0 Å². The summed E-state index contributed by atoms with van der Waals surface area (Å²) in [6, 6.07) is 8.80. The van der Waals surface area contributed by atoms with Gasteiger partial charge in [0.05, 0.1) is 19.8 Å². The van der Waals surface area contributed by atoms with Crippen LogP contribution in [0.4, 0.5) is 0 Å². The standard InChI is InChI=1S/C28H32O15/c1-10-19(30)23(34)25(36)27(40-10)39-9-17-21(32)24(35)26(37)28(43-17)42-16-8-15-18(22(33)20(16)31)13(29)7-14(41-15)11-3-5-12(38-2)6-4-11/h3-8,10,17,19,21,23-28,30-37H,9H2,1-2H3. The zero-order valence-corrected chi connectivity index (χ0v) is 22.9. The molecule has 2 aliphatic heterocycles. The lowest BCUT2D eigenvalue weighted by Gasteiger charge is -2.42. The number of aromatic hydroxyl groups is 2. The van der Waals surface area contributed by atoms with Crippen LogP contribution in [0, 0.1) is 0 Å². The van der Waals surface area contributed by atoms with Crippen LogP contribution in [0.15, 0.2) is 45.6 Å². The summed E-state index contributed by atoms with van der Waals surface area (Å²) >= 11 is 0. The lowest BCUT2D eigenvalue weighted by atomic mass is 9.98. The Morgan fingerprint density at radius 1 is 0.791 bits per heavy atom. The van der Waals surface area contributed by atoms with Crippen LogP contribution in [-0.2, 0) is 14.2 Å². The molecule has 0 bridgehead atoms. The van der Waals surface area contributed by atoms with Crippen molar-refractivity contribution in [2.45, 2.75) is 68.3 Å². The molecular weight excluding hydrogens is 576 g/mol. The summed E-state index contributed by atoms with van der Waals surface area (Å²) in [5.74, 6) is -1.56. The maximum Gasteiger partial charge on any atom is 0.229 e. The van der Waals surface area contributed by atoms with E-state index in [4.69, 9.17) is 28.1 Å². The second-order valence-electron chi connectivity index (χ2n) is 10.3. The van der Waals surface area contributed by atoms with Crippen molar-refractivity contribution in [3.05, 3.63) is 46.6 Å². The van der Waals surface area contributed by atoms with E-state index < -0.39 is 90.7 Å². The molecule has 0 spiro atoms. The summed E-state index contributed by atoms with van der Waals surface area (Å²) < 4.78 is 32.9. The van der Waals surface area contributed by atoms with Crippen LogP contribution in [0.3, 0.4) is 0 Å². The Bertz CT molecular complexity index is 1490. The molecule has 0 aliphatic carbocycles. The van der Waals surface area contributed by atoms with Gasteiger partial charge in [-0.2, -0.15) is 0 Å². The molecule has 1 aromatic heterocycles. The van der Waals surface area contributed by atoms with Crippen molar-refractivity contribution in [3.63, 3.8) is 0 Å². The monoisotopic (exact) mass is 608 g/mol. The molecule has 2 aromatic carbocycles. The Morgan fingerprint density at radius 3 is 2.12 bits per heavy atom. The predicted octanol–water partition coefficient (Wildman–Crippen LogP) is -1.09. The van der Waals surface area contributed by atoms with Gasteiger partial charge in [0.25, 0.3) is 0 Å². The van der Waals surface area contributed by atoms with Gasteiger partial charge in [-0.1, -0.05) is 0 Å². The van der Waals surface area contributed by atoms with Crippen molar-refractivity contribution in [3.8, 4) is 34.3 Å². The number of methoxy groups -OCH3 is 1. The Kier molecular flexibility index (Phi) is 8.80. The average Bonchev–Trinajstić information content (AvgIpc) is 3.00. The number of hydrogen-bond acceptors (Lipinski definition) is 15. The van der Waals surface area contributed by atoms with Crippen molar-refractivity contribution in [1.29, 1.82) is 0 Å². The van der Waals surface area contributed by atoms with Gasteiger partial charge in [-0.15, -0.1) is 0 Å². The minimum Gasteiger partial charge on any atom is -0.504 e. The van der Waals surface area contributed by atoms with Gasteiger partial charge in [-0.25, -0.2) is 0 Å². The van der Waals surface area contributed by atoms with Gasteiger partial charge in [0.1, 0.15) is 65.2 Å². The third-order valence-electron chi connectivity index (χ3n) is 7.45. The fraction of sp³-hybridized carbons (Fsp3) is 0.464. The molecule has 15 heteroatoms. The first-order valence-corrected chi connectivity index (χ1v) is 13.3. The molecule has 0 amide bonds. The smallest absolute Gasteiger partial charge is 0.229 e. The highest BCUT2D eigenvalue weighted by Gasteiger charge is 2.47. The molecule has 0 saturated carbocycles. The molecule has 8 N–H and O–H groups in total. The normalized spacial score (nSPS) is 32.9. The Labute approximate surface area is 243 Å². The maximum atomic E-state index is 12.8. The molecule has 3 aromatic rings. The highest BCUT2D eigenvalue weighted by atomic mass is 16.7. The fourth-order valence-electron chi connectivity index (χ4n) is 4.87. The van der Waals surface area contributed by atoms with E-state index in [9.17, 15) is 45.6 Å². The number of fused-ring (bicyclic) bond motifs is 1. The zero-order chi connectivity index (χ0) is 31.2. The maximum absolute atomic E-state index is 12.8.